The van der Waals surface area contributed by atoms with E-state index in [0.29, 0.717) is 32.3 Å². The van der Waals surface area contributed by atoms with Gasteiger partial charge in [0.05, 0.1) is 19.3 Å². The average Bonchev–Trinajstić information content (AvgIpc) is 2.59. The first-order valence-electron chi connectivity index (χ1n) is 8.19. The highest BCUT2D eigenvalue weighted by Gasteiger charge is 2.10. The van der Waals surface area contributed by atoms with Crippen LogP contribution < -0.4 is 10.5 Å². The number of ether oxygens (including phenoxy) is 2. The Hall–Kier alpha value is -2.55. The van der Waals surface area contributed by atoms with Crippen molar-refractivity contribution >= 4 is 11.9 Å². The van der Waals surface area contributed by atoms with E-state index < -0.39 is 5.82 Å². The second-order valence-corrected chi connectivity index (χ2v) is 5.77. The Morgan fingerprint density at radius 3 is 2.76 bits per heavy atom. The van der Waals surface area contributed by atoms with E-state index in [-0.39, 0.29) is 35.5 Å². The summed E-state index contributed by atoms with van der Waals surface area (Å²) in [6.07, 6.45) is 2.21. The predicted octanol–water partition coefficient (Wildman–Crippen LogP) is 2.80. The number of nitrogens with two attached hydrogens (primary N) is 1. The highest BCUT2D eigenvalue weighted by atomic mass is 19.1. The van der Waals surface area contributed by atoms with Crippen LogP contribution in [0.1, 0.15) is 44.6 Å². The van der Waals surface area contributed by atoms with E-state index in [0.717, 1.165) is 0 Å². The first-order chi connectivity index (χ1) is 11.9. The Balaban J connectivity index is 2.55. The Bertz CT molecular complexity index is 649. The summed E-state index contributed by atoms with van der Waals surface area (Å²) in [5.74, 6) is 4.66. The van der Waals surface area contributed by atoms with Crippen molar-refractivity contribution in [3.8, 4) is 17.6 Å². The van der Waals surface area contributed by atoms with Gasteiger partial charge in [-0.3, -0.25) is 9.59 Å². The molecule has 0 spiro atoms. The van der Waals surface area contributed by atoms with Crippen molar-refractivity contribution in [2.45, 2.75) is 39.0 Å². The van der Waals surface area contributed by atoms with E-state index in [1.807, 2.05) is 6.92 Å². The van der Waals surface area contributed by atoms with E-state index in [2.05, 4.69) is 16.6 Å². The van der Waals surface area contributed by atoms with Gasteiger partial charge >= 0.3 is 5.97 Å². The number of hydrogen-bond acceptors (Lipinski definition) is 4. The Morgan fingerprint density at radius 2 is 2.08 bits per heavy atom. The predicted molar refractivity (Wildman–Crippen MR) is 92.2 cm³/mol. The molecule has 0 saturated heterocycles. The van der Waals surface area contributed by atoms with Crippen molar-refractivity contribution in [3.63, 3.8) is 0 Å². The van der Waals surface area contributed by atoms with E-state index in [1.54, 1.807) is 18.2 Å². The van der Waals surface area contributed by atoms with Gasteiger partial charge in [0, 0.05) is 19.3 Å². The molecule has 0 bridgehead atoms. The Morgan fingerprint density at radius 1 is 1.32 bits per heavy atom. The normalized spacial score (nSPS) is 11.2. The molecule has 0 aliphatic carbocycles. The van der Waals surface area contributed by atoms with Gasteiger partial charge in [0.2, 0.25) is 5.91 Å². The largest absolute Gasteiger partial charge is 0.490 e. The maximum Gasteiger partial charge on any atom is 0.305 e. The number of esters is 1. The second-order valence-electron chi connectivity index (χ2n) is 5.77. The van der Waals surface area contributed by atoms with Gasteiger partial charge in [0.25, 0.3) is 0 Å². The molecule has 1 aromatic carbocycles. The summed E-state index contributed by atoms with van der Waals surface area (Å²) in [6.45, 7) is 2.20. The third kappa shape index (κ3) is 8.20. The summed E-state index contributed by atoms with van der Waals surface area (Å²) in [5.41, 5.74) is 5.35. The first kappa shape index (κ1) is 20.5. The Kier molecular flexibility index (Phi) is 9.09. The van der Waals surface area contributed by atoms with Crippen LogP contribution >= 0.6 is 0 Å². The zero-order chi connectivity index (χ0) is 18.7. The molecular weight excluding hydrogens is 325 g/mol. The van der Waals surface area contributed by atoms with Gasteiger partial charge in [-0.1, -0.05) is 24.8 Å². The molecular formula is C19H24FNO4. The van der Waals surface area contributed by atoms with Crippen molar-refractivity contribution in [1.29, 1.82) is 0 Å². The summed E-state index contributed by atoms with van der Waals surface area (Å²) in [6, 6.07) is 4.79. The summed E-state index contributed by atoms with van der Waals surface area (Å²) >= 11 is 0. The van der Waals surface area contributed by atoms with Crippen molar-refractivity contribution in [1.82, 2.24) is 0 Å². The maximum atomic E-state index is 14.4. The number of carbonyl (C=O) groups excluding carboxylic acids is 2. The monoisotopic (exact) mass is 349 g/mol. The molecule has 0 aliphatic heterocycles. The summed E-state index contributed by atoms with van der Waals surface area (Å²) in [7, 11) is 1.34. The van der Waals surface area contributed by atoms with Crippen LogP contribution in [0.2, 0.25) is 0 Å². The molecule has 1 aromatic rings. The molecule has 0 unspecified atom stereocenters. The lowest BCUT2D eigenvalue weighted by atomic mass is 10.1. The van der Waals surface area contributed by atoms with Crippen molar-refractivity contribution in [3.05, 3.63) is 29.6 Å². The average molecular weight is 349 g/mol. The molecule has 0 saturated carbocycles. The zero-order valence-corrected chi connectivity index (χ0v) is 14.6. The fraction of sp³-hybridized carbons (Fsp3) is 0.474. The number of rotatable bonds is 9. The van der Waals surface area contributed by atoms with Gasteiger partial charge in [-0.2, -0.15) is 0 Å². The molecule has 1 amide bonds. The summed E-state index contributed by atoms with van der Waals surface area (Å²) < 4.78 is 24.4. The lowest BCUT2D eigenvalue weighted by Gasteiger charge is -2.13. The van der Waals surface area contributed by atoms with Gasteiger partial charge in [-0.15, -0.1) is 0 Å². The number of primary amides is 1. The van der Waals surface area contributed by atoms with E-state index in [9.17, 15) is 14.0 Å². The lowest BCUT2D eigenvalue weighted by Crippen LogP contribution is -2.15. The third-order valence-corrected chi connectivity index (χ3v) is 3.50. The van der Waals surface area contributed by atoms with Crippen LogP contribution in [0.25, 0.3) is 0 Å². The van der Waals surface area contributed by atoms with Crippen LogP contribution in [0.4, 0.5) is 4.39 Å². The number of hydrogen-bond donors (Lipinski definition) is 1. The van der Waals surface area contributed by atoms with Gasteiger partial charge in [-0.25, -0.2) is 4.39 Å². The van der Waals surface area contributed by atoms with Gasteiger partial charge in [0.15, 0.2) is 11.6 Å². The molecule has 0 fully saturated rings. The molecule has 136 valence electrons. The number of carbonyl (C=O) groups is 2. The topological polar surface area (TPSA) is 78.6 Å². The highest BCUT2D eigenvalue weighted by Crippen LogP contribution is 2.21. The maximum absolute atomic E-state index is 14.4. The van der Waals surface area contributed by atoms with E-state index in [4.69, 9.17) is 10.5 Å². The molecule has 2 N–H and O–H groups in total. The number of amides is 1. The fourth-order valence-corrected chi connectivity index (χ4v) is 2.00. The van der Waals surface area contributed by atoms with E-state index in [1.165, 1.54) is 7.11 Å². The second kappa shape index (κ2) is 11.1. The summed E-state index contributed by atoms with van der Waals surface area (Å²) in [4.78, 5) is 21.7. The molecule has 1 rings (SSSR count). The molecule has 1 atom stereocenters. The van der Waals surface area contributed by atoms with Crippen molar-refractivity contribution in [2.24, 2.45) is 11.7 Å². The molecule has 5 nitrogen and oxygen atoms in total. The number of unbranched alkanes of at least 4 members (excludes halogenated alkanes) is 1. The number of methoxy groups -OCH3 is 1. The Labute approximate surface area is 147 Å². The molecule has 25 heavy (non-hydrogen) atoms. The minimum absolute atomic E-state index is 0.0833. The highest BCUT2D eigenvalue weighted by molar-refractivity contribution is 5.73. The molecule has 0 heterocycles. The molecule has 6 heteroatoms. The number of halogens is 1. The fourth-order valence-electron chi connectivity index (χ4n) is 2.00. The SMILES string of the molecule is COC(=O)CCCC#Cc1cccc(OC[C@@H](C)CCC(N)=O)c1F. The van der Waals surface area contributed by atoms with Crippen LogP contribution in [0.3, 0.4) is 0 Å². The van der Waals surface area contributed by atoms with Crippen LogP contribution in [0.5, 0.6) is 5.75 Å². The third-order valence-electron chi connectivity index (χ3n) is 3.50. The van der Waals surface area contributed by atoms with Gasteiger partial charge < -0.3 is 15.2 Å². The minimum Gasteiger partial charge on any atom is -0.490 e. The van der Waals surface area contributed by atoms with Crippen molar-refractivity contribution in [2.75, 3.05) is 13.7 Å². The summed E-state index contributed by atoms with van der Waals surface area (Å²) in [5, 5.41) is 0. The van der Waals surface area contributed by atoms with Crippen LogP contribution in [-0.2, 0) is 14.3 Å². The molecule has 0 aliphatic rings. The van der Waals surface area contributed by atoms with Crippen LogP contribution in [0.15, 0.2) is 18.2 Å². The van der Waals surface area contributed by atoms with Gasteiger partial charge in [0.1, 0.15) is 0 Å². The quantitative estimate of drug-likeness (QED) is 0.422. The molecule has 0 radical (unpaired) electrons. The van der Waals surface area contributed by atoms with Crippen LogP contribution in [0, 0.1) is 23.6 Å². The minimum atomic E-state index is -0.509. The smallest absolute Gasteiger partial charge is 0.305 e. The number of benzene rings is 1. The van der Waals surface area contributed by atoms with Crippen LogP contribution in [-0.4, -0.2) is 25.6 Å². The van der Waals surface area contributed by atoms with E-state index >= 15 is 0 Å². The first-order valence-corrected chi connectivity index (χ1v) is 8.19. The van der Waals surface area contributed by atoms with Gasteiger partial charge in [-0.05, 0) is 30.9 Å². The standard InChI is InChI=1S/C19H24FNO4/c1-14(11-12-17(21)22)13-25-16-9-6-8-15(19(16)20)7-4-3-5-10-18(23)24-2/h6,8-9,14H,3,5,10-13H2,1-2H3,(H2,21,22)/t14-/m0/s1. The molecule has 0 aromatic heterocycles. The van der Waals surface area contributed by atoms with Crippen molar-refractivity contribution < 1.29 is 23.5 Å². The zero-order valence-electron chi connectivity index (χ0n) is 14.6. The lowest BCUT2D eigenvalue weighted by molar-refractivity contribution is -0.140.